The SMILES string of the molecule is CCOC(=O)c1ccc(-c2nnn[s+]2N)cc1. The summed E-state index contributed by atoms with van der Waals surface area (Å²) in [5, 5.41) is 13.7. The van der Waals surface area contributed by atoms with Crippen LogP contribution in [0.5, 0.6) is 0 Å². The van der Waals surface area contributed by atoms with E-state index in [1.165, 1.54) is 0 Å². The van der Waals surface area contributed by atoms with Gasteiger partial charge in [-0.3, -0.25) is 0 Å². The summed E-state index contributed by atoms with van der Waals surface area (Å²) in [6, 6.07) is 6.86. The number of aromatic nitrogens is 3. The Labute approximate surface area is 101 Å². The van der Waals surface area contributed by atoms with E-state index in [2.05, 4.69) is 14.8 Å². The Balaban J connectivity index is 2.25. The first kappa shape index (κ1) is 11.6. The molecule has 1 heterocycles. The van der Waals surface area contributed by atoms with Crippen LogP contribution in [-0.4, -0.2) is 27.4 Å². The van der Waals surface area contributed by atoms with Gasteiger partial charge in [0.1, 0.15) is 4.49 Å². The van der Waals surface area contributed by atoms with Crippen molar-refractivity contribution in [3.63, 3.8) is 0 Å². The van der Waals surface area contributed by atoms with Crippen molar-refractivity contribution in [3.8, 4) is 10.6 Å². The van der Waals surface area contributed by atoms with Crippen LogP contribution >= 0.6 is 10.9 Å². The van der Waals surface area contributed by atoms with Crippen molar-refractivity contribution in [1.29, 1.82) is 0 Å². The Morgan fingerprint density at radius 2 is 2.12 bits per heavy atom. The molecule has 0 fully saturated rings. The van der Waals surface area contributed by atoms with Gasteiger partial charge in [0.2, 0.25) is 10.9 Å². The minimum absolute atomic E-state index is 0.339. The van der Waals surface area contributed by atoms with Crippen molar-refractivity contribution in [2.75, 3.05) is 11.7 Å². The van der Waals surface area contributed by atoms with Gasteiger partial charge in [-0.05, 0) is 31.2 Å². The summed E-state index contributed by atoms with van der Waals surface area (Å²) in [6.45, 7) is 2.12. The lowest BCUT2D eigenvalue weighted by molar-refractivity contribution is 0.0526. The van der Waals surface area contributed by atoms with Gasteiger partial charge < -0.3 is 4.74 Å². The summed E-state index contributed by atoms with van der Waals surface area (Å²) in [6.07, 6.45) is 0. The fourth-order valence-electron chi connectivity index (χ4n) is 1.32. The number of nitrogens with two attached hydrogens (primary N) is 1. The number of esters is 1. The maximum Gasteiger partial charge on any atom is 0.342 e. The average Bonchev–Trinajstić information content (AvgIpc) is 2.76. The molecule has 7 heteroatoms. The highest BCUT2D eigenvalue weighted by Crippen LogP contribution is 2.23. The second-order valence-corrected chi connectivity index (χ2v) is 4.37. The molecule has 0 aliphatic heterocycles. The first-order valence-corrected chi connectivity index (χ1v) is 6.22. The minimum atomic E-state index is -0.790. The monoisotopic (exact) mass is 251 g/mol. The van der Waals surface area contributed by atoms with E-state index in [1.807, 2.05) is 0 Å². The van der Waals surface area contributed by atoms with Crippen molar-refractivity contribution in [1.82, 2.24) is 14.8 Å². The summed E-state index contributed by atoms with van der Waals surface area (Å²) >= 11 is 0. The highest BCUT2D eigenvalue weighted by atomic mass is 32.2. The predicted molar refractivity (Wildman–Crippen MR) is 63.8 cm³/mol. The Morgan fingerprint density at radius 3 is 2.65 bits per heavy atom. The van der Waals surface area contributed by atoms with Gasteiger partial charge >= 0.3 is 11.0 Å². The second-order valence-electron chi connectivity index (χ2n) is 3.19. The van der Waals surface area contributed by atoms with Crippen LogP contribution in [0.1, 0.15) is 17.3 Å². The number of ether oxygens (including phenoxy) is 1. The highest BCUT2D eigenvalue weighted by Gasteiger charge is 2.18. The van der Waals surface area contributed by atoms with Gasteiger partial charge in [-0.2, -0.15) is 0 Å². The normalized spacial score (nSPS) is 11.3. The standard InChI is InChI=1S/C10H10N4O2S/c1-2-16-10(15)8-5-3-7(4-6-8)9-12-13-14-17(9)11/h3-6,11H,2H2,1H3/p+1. The quantitative estimate of drug-likeness (QED) is 0.650. The van der Waals surface area contributed by atoms with Crippen LogP contribution in [0.15, 0.2) is 24.3 Å². The second kappa shape index (κ2) is 4.98. The zero-order valence-electron chi connectivity index (χ0n) is 9.16. The van der Waals surface area contributed by atoms with Crippen LogP contribution < -0.4 is 5.14 Å². The van der Waals surface area contributed by atoms with E-state index in [1.54, 1.807) is 31.2 Å². The fraction of sp³-hybridized carbons (Fsp3) is 0.200. The average molecular weight is 251 g/mol. The molecule has 0 amide bonds. The van der Waals surface area contributed by atoms with E-state index in [0.717, 1.165) is 5.56 Å². The van der Waals surface area contributed by atoms with Gasteiger partial charge in [0, 0.05) is 5.21 Å². The van der Waals surface area contributed by atoms with Crippen LogP contribution in [0.2, 0.25) is 0 Å². The van der Waals surface area contributed by atoms with Gasteiger partial charge in [0.15, 0.2) is 0 Å². The lowest BCUT2D eigenvalue weighted by Crippen LogP contribution is -2.04. The Bertz CT molecular complexity index is 523. The molecular formula is C10H11N4O2S+. The van der Waals surface area contributed by atoms with Crippen molar-refractivity contribution in [2.45, 2.75) is 6.92 Å². The van der Waals surface area contributed by atoms with Gasteiger partial charge in [-0.25, -0.2) is 4.79 Å². The van der Waals surface area contributed by atoms with Crippen LogP contribution in [0.4, 0.5) is 0 Å². The molecule has 0 saturated carbocycles. The summed E-state index contributed by atoms with van der Waals surface area (Å²) in [5.74, 6) is -0.339. The maximum atomic E-state index is 11.4. The summed E-state index contributed by atoms with van der Waals surface area (Å²) in [4.78, 5) is 11.4. The number of nitrogens with zero attached hydrogens (tertiary/aromatic N) is 3. The maximum absolute atomic E-state index is 11.4. The largest absolute Gasteiger partial charge is 0.462 e. The Kier molecular flexibility index (Phi) is 3.40. The van der Waals surface area contributed by atoms with Crippen molar-refractivity contribution in [3.05, 3.63) is 29.8 Å². The van der Waals surface area contributed by atoms with Gasteiger partial charge in [-0.1, -0.05) is 5.10 Å². The van der Waals surface area contributed by atoms with Crippen LogP contribution in [0.3, 0.4) is 0 Å². The number of hydrogen-bond donors (Lipinski definition) is 1. The molecule has 1 unspecified atom stereocenters. The molecule has 0 bridgehead atoms. The first-order valence-electron chi connectivity index (χ1n) is 4.97. The number of carbonyl (C=O) groups excluding carboxylic acids is 1. The van der Waals surface area contributed by atoms with E-state index in [9.17, 15) is 4.79 Å². The van der Waals surface area contributed by atoms with Crippen molar-refractivity contribution >= 4 is 16.8 Å². The van der Waals surface area contributed by atoms with E-state index in [-0.39, 0.29) is 5.97 Å². The third-order valence-corrected chi connectivity index (χ3v) is 3.06. The van der Waals surface area contributed by atoms with E-state index >= 15 is 0 Å². The molecule has 6 nitrogen and oxygen atoms in total. The van der Waals surface area contributed by atoms with Crippen LogP contribution in [0, 0.1) is 0 Å². The van der Waals surface area contributed by atoms with Crippen LogP contribution in [-0.2, 0) is 4.74 Å². The van der Waals surface area contributed by atoms with E-state index in [4.69, 9.17) is 9.88 Å². The predicted octanol–water partition coefficient (Wildman–Crippen LogP) is 1.18. The number of benzene rings is 1. The van der Waals surface area contributed by atoms with Gasteiger partial charge in [0.25, 0.3) is 0 Å². The van der Waals surface area contributed by atoms with E-state index in [0.29, 0.717) is 17.2 Å². The Morgan fingerprint density at radius 1 is 1.41 bits per heavy atom. The number of hydrogen-bond acceptors (Lipinski definition) is 6. The molecule has 0 radical (unpaired) electrons. The zero-order chi connectivity index (χ0) is 12.3. The number of nitrogen functional groups attached to an aromatic ring is 1. The van der Waals surface area contributed by atoms with Gasteiger partial charge in [-0.15, -0.1) is 5.14 Å². The molecule has 1 aromatic carbocycles. The molecule has 2 aromatic rings. The lowest BCUT2D eigenvalue weighted by atomic mass is 10.1. The molecule has 88 valence electrons. The zero-order valence-corrected chi connectivity index (χ0v) is 9.98. The van der Waals surface area contributed by atoms with Gasteiger partial charge in [0.05, 0.1) is 17.7 Å². The van der Waals surface area contributed by atoms with Crippen molar-refractivity contribution < 1.29 is 9.53 Å². The molecule has 2 rings (SSSR count). The molecule has 0 saturated heterocycles. The van der Waals surface area contributed by atoms with Crippen LogP contribution in [0.25, 0.3) is 10.6 Å². The summed E-state index contributed by atoms with van der Waals surface area (Å²) in [5.41, 5.74) is 1.31. The summed E-state index contributed by atoms with van der Waals surface area (Å²) < 4.78 is 8.60. The van der Waals surface area contributed by atoms with Crippen molar-refractivity contribution in [2.24, 2.45) is 0 Å². The third kappa shape index (κ3) is 2.45. The topological polar surface area (TPSA) is 91.0 Å². The molecule has 0 aliphatic carbocycles. The molecule has 17 heavy (non-hydrogen) atoms. The molecule has 0 spiro atoms. The number of carbonyl (C=O) groups is 1. The third-order valence-electron chi connectivity index (χ3n) is 2.10. The smallest absolute Gasteiger partial charge is 0.342 e. The molecule has 2 N–H and O–H groups in total. The highest BCUT2D eigenvalue weighted by molar-refractivity contribution is 7.28. The van der Waals surface area contributed by atoms with E-state index < -0.39 is 10.9 Å². The molecular weight excluding hydrogens is 240 g/mol. The summed E-state index contributed by atoms with van der Waals surface area (Å²) in [7, 11) is -0.790. The Hall–Kier alpha value is -1.86. The molecule has 1 aromatic heterocycles. The number of rotatable bonds is 3. The first-order chi connectivity index (χ1) is 8.22. The molecule has 0 aliphatic rings. The lowest BCUT2D eigenvalue weighted by Gasteiger charge is -2.00. The minimum Gasteiger partial charge on any atom is -0.462 e. The molecule has 1 atom stereocenters. The fourth-order valence-corrected chi connectivity index (χ4v) is 2.01.